The number of rotatable bonds is 8. The van der Waals surface area contributed by atoms with Crippen LogP contribution < -0.4 is 15.4 Å². The molecule has 0 spiro atoms. The highest BCUT2D eigenvalue weighted by molar-refractivity contribution is 5.79. The van der Waals surface area contributed by atoms with Gasteiger partial charge in [-0.15, -0.1) is 0 Å². The highest BCUT2D eigenvalue weighted by atomic mass is 16.5. The lowest BCUT2D eigenvalue weighted by Crippen LogP contribution is -2.50. The van der Waals surface area contributed by atoms with Gasteiger partial charge in [0.25, 0.3) is 0 Å². The summed E-state index contributed by atoms with van der Waals surface area (Å²) in [5.41, 5.74) is 2.11. The Kier molecular flexibility index (Phi) is 8.15. The second kappa shape index (κ2) is 10.8. The van der Waals surface area contributed by atoms with E-state index in [4.69, 9.17) is 18.9 Å². The number of aliphatic imine (C=N–C) groups is 1. The molecule has 0 saturated carbocycles. The van der Waals surface area contributed by atoms with Crippen molar-refractivity contribution in [3.05, 3.63) is 29.3 Å². The molecule has 1 aromatic rings. The van der Waals surface area contributed by atoms with Gasteiger partial charge in [0.1, 0.15) is 5.75 Å². The lowest BCUT2D eigenvalue weighted by Gasteiger charge is -2.36. The van der Waals surface area contributed by atoms with Gasteiger partial charge in [-0.25, -0.2) is 0 Å². The average molecular weight is 406 g/mol. The van der Waals surface area contributed by atoms with Gasteiger partial charge in [-0.1, -0.05) is 12.1 Å². The first-order chi connectivity index (χ1) is 14.1. The summed E-state index contributed by atoms with van der Waals surface area (Å²) >= 11 is 0. The Labute approximate surface area is 174 Å². The zero-order valence-corrected chi connectivity index (χ0v) is 18.0. The molecule has 29 heavy (non-hydrogen) atoms. The van der Waals surface area contributed by atoms with E-state index in [1.807, 2.05) is 0 Å². The number of nitrogens with one attached hydrogen (secondary N) is 2. The van der Waals surface area contributed by atoms with Crippen molar-refractivity contribution in [2.45, 2.75) is 38.3 Å². The molecule has 162 valence electrons. The summed E-state index contributed by atoms with van der Waals surface area (Å²) in [5, 5.41) is 6.81. The van der Waals surface area contributed by atoms with Crippen LogP contribution in [0.3, 0.4) is 0 Å². The number of benzene rings is 1. The van der Waals surface area contributed by atoms with Crippen LogP contribution in [0.15, 0.2) is 23.2 Å². The average Bonchev–Trinajstić information content (AvgIpc) is 3.28. The standard InChI is InChI=1S/C22H35N3O4/c1-17-4-5-19(20(12-17)29-15-18-6-9-28-14-18)13-24-21(23-2)25-16-22(26-3)7-10-27-11-8-22/h4-5,12,18H,6-11,13-16H2,1-3H3,(H2,23,24,25). The quantitative estimate of drug-likeness (QED) is 0.511. The number of aryl methyl sites for hydroxylation is 1. The van der Waals surface area contributed by atoms with Gasteiger partial charge in [0, 0.05) is 71.4 Å². The topological polar surface area (TPSA) is 73.3 Å². The summed E-state index contributed by atoms with van der Waals surface area (Å²) in [6.07, 6.45) is 2.84. The largest absolute Gasteiger partial charge is 0.493 e. The van der Waals surface area contributed by atoms with Crippen LogP contribution in [0, 0.1) is 12.8 Å². The molecule has 1 unspecified atom stereocenters. The van der Waals surface area contributed by atoms with Crippen LogP contribution >= 0.6 is 0 Å². The number of hydrogen-bond donors (Lipinski definition) is 2. The van der Waals surface area contributed by atoms with Crippen molar-refractivity contribution in [3.8, 4) is 5.75 Å². The molecular weight excluding hydrogens is 370 g/mol. The summed E-state index contributed by atoms with van der Waals surface area (Å²) in [4.78, 5) is 4.36. The molecule has 2 aliphatic rings. The van der Waals surface area contributed by atoms with Gasteiger partial charge < -0.3 is 29.6 Å². The minimum Gasteiger partial charge on any atom is -0.493 e. The molecule has 0 radical (unpaired) electrons. The first-order valence-corrected chi connectivity index (χ1v) is 10.5. The molecule has 0 bridgehead atoms. The van der Waals surface area contributed by atoms with E-state index in [1.54, 1.807) is 14.2 Å². The minimum atomic E-state index is -0.197. The molecule has 1 atom stereocenters. The van der Waals surface area contributed by atoms with Crippen LogP contribution in [0.25, 0.3) is 0 Å². The lowest BCUT2D eigenvalue weighted by molar-refractivity contribution is -0.0855. The van der Waals surface area contributed by atoms with Gasteiger partial charge in [0.05, 0.1) is 18.8 Å². The molecule has 2 saturated heterocycles. The van der Waals surface area contributed by atoms with Crippen molar-refractivity contribution in [2.24, 2.45) is 10.9 Å². The van der Waals surface area contributed by atoms with Crippen LogP contribution in [-0.4, -0.2) is 65.3 Å². The zero-order chi connectivity index (χ0) is 20.5. The Morgan fingerprint density at radius 3 is 2.72 bits per heavy atom. The smallest absolute Gasteiger partial charge is 0.191 e. The predicted octanol–water partition coefficient (Wildman–Crippen LogP) is 2.27. The third kappa shape index (κ3) is 6.32. The van der Waals surface area contributed by atoms with Gasteiger partial charge in [0.15, 0.2) is 5.96 Å². The Hall–Kier alpha value is -1.83. The summed E-state index contributed by atoms with van der Waals surface area (Å²) in [7, 11) is 3.56. The van der Waals surface area contributed by atoms with Gasteiger partial charge in [0.2, 0.25) is 0 Å². The van der Waals surface area contributed by atoms with Crippen molar-refractivity contribution in [1.29, 1.82) is 0 Å². The highest BCUT2D eigenvalue weighted by Gasteiger charge is 2.32. The van der Waals surface area contributed by atoms with Crippen LogP contribution in [0.4, 0.5) is 0 Å². The second-order valence-corrected chi connectivity index (χ2v) is 7.93. The van der Waals surface area contributed by atoms with Crippen LogP contribution in [0.1, 0.15) is 30.4 Å². The van der Waals surface area contributed by atoms with E-state index in [0.717, 1.165) is 63.0 Å². The maximum atomic E-state index is 6.14. The molecule has 0 aromatic heterocycles. The fourth-order valence-electron chi connectivity index (χ4n) is 3.71. The summed E-state index contributed by atoms with van der Waals surface area (Å²) < 4.78 is 22.9. The van der Waals surface area contributed by atoms with E-state index in [2.05, 4.69) is 40.7 Å². The molecule has 2 fully saturated rings. The molecule has 0 amide bonds. The van der Waals surface area contributed by atoms with Crippen LogP contribution in [0.2, 0.25) is 0 Å². The molecule has 2 N–H and O–H groups in total. The highest BCUT2D eigenvalue weighted by Crippen LogP contribution is 2.24. The summed E-state index contributed by atoms with van der Waals surface area (Å²) in [6, 6.07) is 6.33. The Morgan fingerprint density at radius 2 is 2.03 bits per heavy atom. The van der Waals surface area contributed by atoms with Crippen molar-refractivity contribution < 1.29 is 18.9 Å². The number of methoxy groups -OCH3 is 1. The van der Waals surface area contributed by atoms with Crippen molar-refractivity contribution in [1.82, 2.24) is 10.6 Å². The van der Waals surface area contributed by atoms with Crippen LogP contribution in [0.5, 0.6) is 5.75 Å². The molecule has 3 rings (SSSR count). The van der Waals surface area contributed by atoms with Gasteiger partial charge in [-0.05, 0) is 25.0 Å². The van der Waals surface area contributed by atoms with Gasteiger partial charge in [-0.2, -0.15) is 0 Å². The third-order valence-corrected chi connectivity index (χ3v) is 5.81. The Bertz CT molecular complexity index is 668. The third-order valence-electron chi connectivity index (χ3n) is 5.81. The van der Waals surface area contributed by atoms with E-state index in [1.165, 1.54) is 5.56 Å². The maximum absolute atomic E-state index is 6.14. The van der Waals surface area contributed by atoms with E-state index in [-0.39, 0.29) is 5.60 Å². The second-order valence-electron chi connectivity index (χ2n) is 7.93. The molecule has 0 aliphatic carbocycles. The van der Waals surface area contributed by atoms with E-state index in [9.17, 15) is 0 Å². The van der Waals surface area contributed by atoms with Crippen molar-refractivity contribution in [3.63, 3.8) is 0 Å². The number of nitrogens with zero attached hydrogens (tertiary/aromatic N) is 1. The molecular formula is C22H35N3O4. The molecule has 2 heterocycles. The zero-order valence-electron chi connectivity index (χ0n) is 18.0. The molecule has 7 heteroatoms. The number of guanidine groups is 1. The first kappa shape index (κ1) is 21.9. The van der Waals surface area contributed by atoms with Crippen LogP contribution in [-0.2, 0) is 20.8 Å². The minimum absolute atomic E-state index is 0.197. The summed E-state index contributed by atoms with van der Waals surface area (Å²) in [5.74, 6) is 2.16. The summed E-state index contributed by atoms with van der Waals surface area (Å²) in [6.45, 7) is 7.22. The normalized spacial score (nSPS) is 21.8. The number of ether oxygens (including phenoxy) is 4. The molecule has 1 aromatic carbocycles. The number of hydrogen-bond acceptors (Lipinski definition) is 5. The van der Waals surface area contributed by atoms with Gasteiger partial charge >= 0.3 is 0 Å². The van der Waals surface area contributed by atoms with Gasteiger partial charge in [-0.3, -0.25) is 4.99 Å². The van der Waals surface area contributed by atoms with E-state index in [0.29, 0.717) is 25.6 Å². The van der Waals surface area contributed by atoms with Crippen molar-refractivity contribution in [2.75, 3.05) is 53.7 Å². The molecule has 2 aliphatic heterocycles. The first-order valence-electron chi connectivity index (χ1n) is 10.5. The predicted molar refractivity (Wildman–Crippen MR) is 114 cm³/mol. The van der Waals surface area contributed by atoms with E-state index < -0.39 is 0 Å². The lowest BCUT2D eigenvalue weighted by atomic mass is 9.94. The fraction of sp³-hybridized carbons (Fsp3) is 0.682. The maximum Gasteiger partial charge on any atom is 0.191 e. The monoisotopic (exact) mass is 405 g/mol. The Morgan fingerprint density at radius 1 is 1.21 bits per heavy atom. The Balaban J connectivity index is 1.54. The van der Waals surface area contributed by atoms with Crippen molar-refractivity contribution >= 4 is 5.96 Å². The fourth-order valence-corrected chi connectivity index (χ4v) is 3.71. The van der Waals surface area contributed by atoms with E-state index >= 15 is 0 Å². The SMILES string of the molecule is CN=C(NCc1ccc(C)cc1OCC1CCOC1)NCC1(OC)CCOCC1. The molecule has 7 nitrogen and oxygen atoms in total.